The Morgan fingerprint density at radius 2 is 1.95 bits per heavy atom. The molecular weight excluding hydrogens is 338 g/mol. The summed E-state index contributed by atoms with van der Waals surface area (Å²) in [6.45, 7) is 0.0851. The normalized spacial score (nSPS) is 10.5. The first kappa shape index (κ1) is 14.3. The van der Waals surface area contributed by atoms with Gasteiger partial charge in [0.1, 0.15) is 24.0 Å². The Hall–Kier alpha value is -1.13. The van der Waals surface area contributed by atoms with Gasteiger partial charge in [-0.1, -0.05) is 39.7 Å². The minimum atomic E-state index is -0.497. The van der Waals surface area contributed by atoms with E-state index < -0.39 is 5.82 Å². The Labute approximate surface area is 123 Å². The van der Waals surface area contributed by atoms with Crippen LogP contribution in [0, 0.1) is 11.6 Å². The number of hydrogen-bond donors (Lipinski definition) is 0. The van der Waals surface area contributed by atoms with Gasteiger partial charge in [-0.25, -0.2) is 8.78 Å². The largest absolute Gasteiger partial charge is 0.489 e. The van der Waals surface area contributed by atoms with Crippen LogP contribution < -0.4 is 4.74 Å². The molecule has 0 aliphatic carbocycles. The van der Waals surface area contributed by atoms with Gasteiger partial charge >= 0.3 is 0 Å². The number of rotatable bonds is 4. The summed E-state index contributed by atoms with van der Waals surface area (Å²) in [5.41, 5.74) is 1.28. The number of halogens is 4. The van der Waals surface area contributed by atoms with Crippen LogP contribution in [0.5, 0.6) is 5.75 Å². The molecule has 1 nitrogen and oxygen atoms in total. The highest BCUT2D eigenvalue weighted by molar-refractivity contribution is 9.08. The van der Waals surface area contributed by atoms with Crippen LogP contribution >= 0.6 is 27.5 Å². The Balaban J connectivity index is 2.14. The van der Waals surface area contributed by atoms with Gasteiger partial charge in [0.15, 0.2) is 0 Å². The van der Waals surface area contributed by atoms with E-state index in [1.54, 1.807) is 18.2 Å². The molecule has 0 spiro atoms. The molecule has 0 aliphatic rings. The first-order chi connectivity index (χ1) is 9.10. The van der Waals surface area contributed by atoms with Gasteiger partial charge < -0.3 is 4.74 Å². The van der Waals surface area contributed by atoms with E-state index in [-0.39, 0.29) is 17.4 Å². The van der Waals surface area contributed by atoms with Crippen LogP contribution in [0.3, 0.4) is 0 Å². The van der Waals surface area contributed by atoms with E-state index in [2.05, 4.69) is 15.9 Å². The topological polar surface area (TPSA) is 9.23 Å². The number of alkyl halides is 1. The molecule has 5 heteroatoms. The molecule has 0 unspecified atom stereocenters. The molecule has 0 heterocycles. The molecule has 2 aromatic rings. The van der Waals surface area contributed by atoms with Crippen LogP contribution in [0.2, 0.25) is 5.02 Å². The molecule has 0 N–H and O–H groups in total. The van der Waals surface area contributed by atoms with Crippen molar-refractivity contribution in [3.63, 3.8) is 0 Å². The fraction of sp³-hybridized carbons (Fsp3) is 0.143. The van der Waals surface area contributed by atoms with Gasteiger partial charge in [0, 0.05) is 17.0 Å². The van der Waals surface area contributed by atoms with E-state index >= 15 is 0 Å². The van der Waals surface area contributed by atoms with Crippen molar-refractivity contribution in [2.75, 3.05) is 0 Å². The van der Waals surface area contributed by atoms with Gasteiger partial charge in [-0.3, -0.25) is 0 Å². The van der Waals surface area contributed by atoms with Gasteiger partial charge in [0.25, 0.3) is 0 Å². The fourth-order valence-corrected chi connectivity index (χ4v) is 2.11. The average molecular weight is 348 g/mol. The molecule has 100 valence electrons. The van der Waals surface area contributed by atoms with Crippen molar-refractivity contribution in [2.24, 2.45) is 0 Å². The zero-order valence-electron chi connectivity index (χ0n) is 9.80. The van der Waals surface area contributed by atoms with Crippen molar-refractivity contribution in [1.82, 2.24) is 0 Å². The van der Waals surface area contributed by atoms with Crippen molar-refractivity contribution in [2.45, 2.75) is 11.9 Å². The third-order valence-corrected chi connectivity index (χ3v) is 3.58. The smallest absolute Gasteiger partial charge is 0.142 e. The average Bonchev–Trinajstić information content (AvgIpc) is 2.40. The van der Waals surface area contributed by atoms with Gasteiger partial charge in [0.2, 0.25) is 0 Å². The summed E-state index contributed by atoms with van der Waals surface area (Å²) in [7, 11) is 0. The fourth-order valence-electron chi connectivity index (χ4n) is 1.60. The monoisotopic (exact) mass is 346 g/mol. The van der Waals surface area contributed by atoms with E-state index in [1.807, 2.05) is 0 Å². The highest BCUT2D eigenvalue weighted by atomic mass is 79.9. The van der Waals surface area contributed by atoms with Crippen LogP contribution in [0.1, 0.15) is 11.1 Å². The van der Waals surface area contributed by atoms with E-state index in [9.17, 15) is 8.78 Å². The van der Waals surface area contributed by atoms with Crippen LogP contribution in [-0.2, 0) is 11.9 Å². The second kappa shape index (κ2) is 6.35. The van der Waals surface area contributed by atoms with Gasteiger partial charge in [-0.15, -0.1) is 0 Å². The third kappa shape index (κ3) is 3.67. The maximum atomic E-state index is 13.3. The second-order valence-electron chi connectivity index (χ2n) is 3.93. The maximum Gasteiger partial charge on any atom is 0.142 e. The Kier molecular flexibility index (Phi) is 4.77. The molecule has 2 aromatic carbocycles. The summed E-state index contributed by atoms with van der Waals surface area (Å²) in [5, 5.41) is 0.557. The minimum absolute atomic E-state index is 0.0274. The van der Waals surface area contributed by atoms with Crippen molar-refractivity contribution in [1.29, 1.82) is 0 Å². The molecule has 0 saturated carbocycles. The second-order valence-corrected chi connectivity index (χ2v) is 4.87. The number of hydrogen-bond acceptors (Lipinski definition) is 1. The summed E-state index contributed by atoms with van der Waals surface area (Å²) in [4.78, 5) is 0. The summed E-state index contributed by atoms with van der Waals surface area (Å²) >= 11 is 9.06. The quantitative estimate of drug-likeness (QED) is 0.700. The predicted octanol–water partition coefficient (Wildman–Crippen LogP) is 5.09. The lowest BCUT2D eigenvalue weighted by molar-refractivity contribution is 0.304. The highest BCUT2D eigenvalue weighted by Crippen LogP contribution is 2.23. The molecule has 0 aliphatic heterocycles. The summed E-state index contributed by atoms with van der Waals surface area (Å²) < 4.78 is 32.0. The summed E-state index contributed by atoms with van der Waals surface area (Å²) in [5.74, 6) is -0.491. The van der Waals surface area contributed by atoms with Gasteiger partial charge in [0.05, 0.1) is 5.02 Å². The molecule has 0 amide bonds. The Bertz CT molecular complexity index is 590. The van der Waals surface area contributed by atoms with E-state index in [0.717, 1.165) is 5.56 Å². The SMILES string of the molecule is Fc1cc(CBr)cc(OCc2cccc(F)c2Cl)c1. The molecule has 0 bridgehead atoms. The lowest BCUT2D eigenvalue weighted by Gasteiger charge is -2.09. The van der Waals surface area contributed by atoms with Crippen LogP contribution in [-0.4, -0.2) is 0 Å². The maximum absolute atomic E-state index is 13.3. The predicted molar refractivity (Wildman–Crippen MR) is 74.8 cm³/mol. The summed E-state index contributed by atoms with van der Waals surface area (Å²) in [6, 6.07) is 8.89. The standard InChI is InChI=1S/C14H10BrClF2O/c15-7-9-4-11(17)6-12(5-9)19-8-10-2-1-3-13(18)14(10)16/h1-6H,7-8H2. The van der Waals surface area contributed by atoms with E-state index in [1.165, 1.54) is 18.2 Å². The van der Waals surface area contributed by atoms with E-state index in [4.69, 9.17) is 16.3 Å². The van der Waals surface area contributed by atoms with Crippen molar-refractivity contribution >= 4 is 27.5 Å². The lowest BCUT2D eigenvalue weighted by atomic mass is 10.2. The van der Waals surface area contributed by atoms with Gasteiger partial charge in [-0.2, -0.15) is 0 Å². The van der Waals surface area contributed by atoms with Crippen LogP contribution in [0.4, 0.5) is 8.78 Å². The third-order valence-electron chi connectivity index (χ3n) is 2.51. The van der Waals surface area contributed by atoms with Gasteiger partial charge in [-0.05, 0) is 23.8 Å². The Morgan fingerprint density at radius 1 is 1.16 bits per heavy atom. The molecule has 0 radical (unpaired) electrons. The van der Waals surface area contributed by atoms with Crippen molar-refractivity contribution in [3.8, 4) is 5.75 Å². The van der Waals surface area contributed by atoms with Crippen LogP contribution in [0.25, 0.3) is 0 Å². The first-order valence-electron chi connectivity index (χ1n) is 5.51. The molecule has 2 rings (SSSR count). The molecule has 0 aromatic heterocycles. The summed E-state index contributed by atoms with van der Waals surface area (Å²) in [6.07, 6.45) is 0. The molecule has 19 heavy (non-hydrogen) atoms. The Morgan fingerprint density at radius 3 is 2.68 bits per heavy atom. The molecule has 0 fully saturated rings. The minimum Gasteiger partial charge on any atom is -0.489 e. The zero-order chi connectivity index (χ0) is 13.8. The van der Waals surface area contributed by atoms with E-state index in [0.29, 0.717) is 16.6 Å². The van der Waals surface area contributed by atoms with Crippen molar-refractivity contribution in [3.05, 3.63) is 64.2 Å². The molecule has 0 saturated heterocycles. The zero-order valence-corrected chi connectivity index (χ0v) is 12.1. The first-order valence-corrected chi connectivity index (χ1v) is 7.01. The highest BCUT2D eigenvalue weighted by Gasteiger charge is 2.07. The number of benzene rings is 2. The molecular formula is C14H10BrClF2O. The number of ether oxygens (including phenoxy) is 1. The van der Waals surface area contributed by atoms with Crippen LogP contribution in [0.15, 0.2) is 36.4 Å². The lowest BCUT2D eigenvalue weighted by Crippen LogP contribution is -1.98. The molecule has 0 atom stereocenters. The van der Waals surface area contributed by atoms with Crippen molar-refractivity contribution < 1.29 is 13.5 Å².